The molecular formula is C7H11N3O3. The fourth-order valence-electron chi connectivity index (χ4n) is 1.10. The Labute approximate surface area is 73.7 Å². The highest BCUT2D eigenvalue weighted by molar-refractivity contribution is 4.75. The first-order valence-electron chi connectivity index (χ1n) is 3.87. The van der Waals surface area contributed by atoms with Gasteiger partial charge in [0.05, 0.1) is 0 Å². The summed E-state index contributed by atoms with van der Waals surface area (Å²) >= 11 is 0. The van der Waals surface area contributed by atoms with Crippen molar-refractivity contribution in [3.8, 4) is 0 Å². The summed E-state index contributed by atoms with van der Waals surface area (Å²) in [7, 11) is 2.69. The maximum atomic E-state index is 11.3. The third-order valence-electron chi connectivity index (χ3n) is 1.93. The van der Waals surface area contributed by atoms with Gasteiger partial charge in [-0.25, -0.2) is 28.1 Å². The van der Waals surface area contributed by atoms with E-state index in [1.165, 1.54) is 14.1 Å². The molecule has 0 spiro atoms. The van der Waals surface area contributed by atoms with Gasteiger partial charge in [0.25, 0.3) is 0 Å². The average Bonchev–Trinajstić information content (AvgIpc) is 2.13. The van der Waals surface area contributed by atoms with E-state index in [0.29, 0.717) is 0 Å². The van der Waals surface area contributed by atoms with Gasteiger partial charge < -0.3 is 0 Å². The molecule has 1 rings (SSSR count). The largest absolute Gasteiger partial charge is 0.336 e. The molecule has 72 valence electrons. The SMILES string of the molecule is CCn1c(=O)n(C)c(=O)n(C)c1=O. The molecule has 0 aliphatic carbocycles. The van der Waals surface area contributed by atoms with Crippen LogP contribution in [-0.2, 0) is 20.6 Å². The van der Waals surface area contributed by atoms with Gasteiger partial charge in [-0.05, 0) is 6.92 Å². The minimum Gasteiger partial charge on any atom is -0.248 e. The topological polar surface area (TPSA) is 66.0 Å². The second kappa shape index (κ2) is 3.04. The number of aromatic nitrogens is 3. The molecule has 0 aliphatic heterocycles. The zero-order chi connectivity index (χ0) is 10.2. The predicted molar refractivity (Wildman–Crippen MR) is 46.9 cm³/mol. The van der Waals surface area contributed by atoms with Gasteiger partial charge in [0.15, 0.2) is 0 Å². The van der Waals surface area contributed by atoms with Crippen LogP contribution >= 0.6 is 0 Å². The highest BCUT2D eigenvalue weighted by atomic mass is 16.2. The van der Waals surface area contributed by atoms with E-state index >= 15 is 0 Å². The van der Waals surface area contributed by atoms with Gasteiger partial charge in [0, 0.05) is 20.6 Å². The van der Waals surface area contributed by atoms with E-state index in [9.17, 15) is 14.4 Å². The van der Waals surface area contributed by atoms with Gasteiger partial charge in [0.1, 0.15) is 0 Å². The van der Waals surface area contributed by atoms with Crippen LogP contribution in [0, 0.1) is 0 Å². The minimum absolute atomic E-state index is 0.264. The second-order valence-corrected chi connectivity index (χ2v) is 2.71. The van der Waals surface area contributed by atoms with Crippen LogP contribution < -0.4 is 17.1 Å². The van der Waals surface area contributed by atoms with Crippen molar-refractivity contribution >= 4 is 0 Å². The smallest absolute Gasteiger partial charge is 0.248 e. The Bertz CT molecular complexity index is 451. The Morgan fingerprint density at radius 1 is 0.923 bits per heavy atom. The predicted octanol–water partition coefficient (Wildman–Crippen LogP) is -1.73. The van der Waals surface area contributed by atoms with Crippen LogP contribution in [0.2, 0.25) is 0 Å². The second-order valence-electron chi connectivity index (χ2n) is 2.71. The molecule has 0 aromatic carbocycles. The molecule has 1 aromatic rings. The number of hydrogen-bond donors (Lipinski definition) is 0. The van der Waals surface area contributed by atoms with Gasteiger partial charge in [-0.1, -0.05) is 0 Å². The van der Waals surface area contributed by atoms with Crippen LogP contribution in [0.5, 0.6) is 0 Å². The molecule has 0 N–H and O–H groups in total. The Hall–Kier alpha value is -1.59. The summed E-state index contributed by atoms with van der Waals surface area (Å²) in [4.78, 5) is 33.8. The normalized spacial score (nSPS) is 10.4. The first-order chi connectivity index (χ1) is 6.00. The third-order valence-corrected chi connectivity index (χ3v) is 1.93. The lowest BCUT2D eigenvalue weighted by Crippen LogP contribution is -2.52. The Morgan fingerprint density at radius 2 is 1.31 bits per heavy atom. The molecule has 0 atom stereocenters. The molecule has 6 heteroatoms. The van der Waals surface area contributed by atoms with Crippen molar-refractivity contribution < 1.29 is 0 Å². The Kier molecular flexibility index (Phi) is 2.22. The monoisotopic (exact) mass is 185 g/mol. The molecule has 1 heterocycles. The summed E-state index contributed by atoms with van der Waals surface area (Å²) in [6.07, 6.45) is 0. The molecule has 0 unspecified atom stereocenters. The van der Waals surface area contributed by atoms with Crippen LogP contribution in [-0.4, -0.2) is 13.7 Å². The van der Waals surface area contributed by atoms with Crippen molar-refractivity contribution in [3.05, 3.63) is 31.5 Å². The van der Waals surface area contributed by atoms with Gasteiger partial charge >= 0.3 is 17.1 Å². The minimum atomic E-state index is -0.597. The quantitative estimate of drug-likeness (QED) is 0.522. The standard InChI is InChI=1S/C7H11N3O3/c1-4-10-6(12)8(2)5(11)9(3)7(10)13/h4H2,1-3H3. The van der Waals surface area contributed by atoms with Crippen molar-refractivity contribution in [1.82, 2.24) is 13.7 Å². The zero-order valence-electron chi connectivity index (χ0n) is 7.77. The fourth-order valence-corrected chi connectivity index (χ4v) is 1.10. The summed E-state index contributed by atoms with van der Waals surface area (Å²) in [6, 6.07) is 0. The van der Waals surface area contributed by atoms with Crippen LogP contribution in [0.15, 0.2) is 14.4 Å². The van der Waals surface area contributed by atoms with Crippen molar-refractivity contribution in [3.63, 3.8) is 0 Å². The average molecular weight is 185 g/mol. The summed E-state index contributed by atoms with van der Waals surface area (Å²) in [5, 5.41) is 0. The first-order valence-corrected chi connectivity index (χ1v) is 3.87. The zero-order valence-corrected chi connectivity index (χ0v) is 7.77. The lowest BCUT2D eigenvalue weighted by atomic mass is 10.7. The number of hydrogen-bond acceptors (Lipinski definition) is 3. The van der Waals surface area contributed by atoms with Crippen molar-refractivity contribution in [1.29, 1.82) is 0 Å². The van der Waals surface area contributed by atoms with Gasteiger partial charge in [-0.15, -0.1) is 0 Å². The molecule has 1 aromatic heterocycles. The highest BCUT2D eigenvalue weighted by Gasteiger charge is 2.07. The molecule has 6 nitrogen and oxygen atoms in total. The van der Waals surface area contributed by atoms with Gasteiger partial charge in [0.2, 0.25) is 0 Å². The van der Waals surface area contributed by atoms with Crippen molar-refractivity contribution in [2.75, 3.05) is 0 Å². The van der Waals surface area contributed by atoms with Crippen LogP contribution in [0.1, 0.15) is 6.92 Å². The number of rotatable bonds is 1. The van der Waals surface area contributed by atoms with E-state index < -0.39 is 17.1 Å². The highest BCUT2D eigenvalue weighted by Crippen LogP contribution is 1.66. The summed E-state index contributed by atoms with van der Waals surface area (Å²) < 4.78 is 2.82. The fraction of sp³-hybridized carbons (Fsp3) is 0.571. The Morgan fingerprint density at radius 3 is 1.62 bits per heavy atom. The van der Waals surface area contributed by atoms with E-state index in [1.807, 2.05) is 0 Å². The molecule has 0 saturated carbocycles. The molecular weight excluding hydrogens is 174 g/mol. The number of nitrogens with zero attached hydrogens (tertiary/aromatic N) is 3. The van der Waals surface area contributed by atoms with E-state index in [4.69, 9.17) is 0 Å². The van der Waals surface area contributed by atoms with Crippen molar-refractivity contribution in [2.24, 2.45) is 14.1 Å². The van der Waals surface area contributed by atoms with E-state index in [2.05, 4.69) is 0 Å². The molecule has 0 radical (unpaired) electrons. The molecule has 0 aliphatic rings. The third kappa shape index (κ3) is 1.24. The van der Waals surface area contributed by atoms with Crippen LogP contribution in [0.3, 0.4) is 0 Å². The summed E-state index contributed by atoms with van der Waals surface area (Å²) in [5.74, 6) is 0. The van der Waals surface area contributed by atoms with E-state index in [0.717, 1.165) is 13.7 Å². The van der Waals surface area contributed by atoms with Gasteiger partial charge in [-0.3, -0.25) is 0 Å². The van der Waals surface area contributed by atoms with Crippen molar-refractivity contribution in [2.45, 2.75) is 13.5 Å². The summed E-state index contributed by atoms with van der Waals surface area (Å²) in [6.45, 7) is 1.94. The lowest BCUT2D eigenvalue weighted by Gasteiger charge is -2.05. The Balaban J connectivity index is 3.89. The first kappa shape index (κ1) is 9.50. The molecule has 0 amide bonds. The van der Waals surface area contributed by atoms with E-state index in [1.54, 1.807) is 6.92 Å². The molecule has 0 saturated heterocycles. The molecule has 0 fully saturated rings. The summed E-state index contributed by atoms with van der Waals surface area (Å²) in [5.41, 5.74) is -1.74. The molecule has 13 heavy (non-hydrogen) atoms. The van der Waals surface area contributed by atoms with Crippen LogP contribution in [0.4, 0.5) is 0 Å². The van der Waals surface area contributed by atoms with E-state index in [-0.39, 0.29) is 6.54 Å². The molecule has 0 bridgehead atoms. The lowest BCUT2D eigenvalue weighted by molar-refractivity contribution is 0.519. The van der Waals surface area contributed by atoms with Crippen LogP contribution in [0.25, 0.3) is 0 Å². The maximum Gasteiger partial charge on any atom is 0.336 e. The maximum absolute atomic E-state index is 11.3. The van der Waals surface area contributed by atoms with Gasteiger partial charge in [-0.2, -0.15) is 0 Å².